The van der Waals surface area contributed by atoms with E-state index >= 15 is 0 Å². The smallest absolute Gasteiger partial charge is 0.134 e. The molecule has 1 aromatic heterocycles. The zero-order valence-corrected chi connectivity index (χ0v) is 11.9. The molecule has 3 rings (SSSR count). The second kappa shape index (κ2) is 5.38. The predicted octanol–water partition coefficient (Wildman–Crippen LogP) is 4.23. The van der Waals surface area contributed by atoms with Gasteiger partial charge in [0, 0.05) is 11.3 Å². The van der Waals surface area contributed by atoms with Crippen molar-refractivity contribution in [1.29, 1.82) is 0 Å². The molecule has 2 heteroatoms. The predicted molar refractivity (Wildman–Crippen MR) is 79.6 cm³/mol. The van der Waals surface area contributed by atoms with Crippen molar-refractivity contribution < 1.29 is 4.42 Å². The molecule has 0 bridgehead atoms. The van der Waals surface area contributed by atoms with Gasteiger partial charge in [0.15, 0.2) is 0 Å². The Morgan fingerprint density at radius 3 is 3.00 bits per heavy atom. The lowest BCUT2D eigenvalue weighted by Gasteiger charge is -2.17. The maximum Gasteiger partial charge on any atom is 0.134 e. The van der Waals surface area contributed by atoms with Crippen molar-refractivity contribution in [3.63, 3.8) is 0 Å². The number of hydrogen-bond donors (Lipinski definition) is 1. The summed E-state index contributed by atoms with van der Waals surface area (Å²) in [5.74, 6) is 2.54. The van der Waals surface area contributed by atoms with Crippen molar-refractivity contribution in [3.8, 4) is 0 Å². The van der Waals surface area contributed by atoms with Crippen LogP contribution in [0, 0.1) is 12.8 Å². The fraction of sp³-hybridized carbons (Fsp3) is 0.529. The topological polar surface area (TPSA) is 25.2 Å². The highest BCUT2D eigenvalue weighted by Crippen LogP contribution is 2.41. The molecular weight excluding hydrogens is 234 g/mol. The van der Waals surface area contributed by atoms with E-state index in [-0.39, 0.29) is 0 Å². The van der Waals surface area contributed by atoms with Gasteiger partial charge in [-0.05, 0) is 57.0 Å². The van der Waals surface area contributed by atoms with Gasteiger partial charge in [-0.25, -0.2) is 0 Å². The summed E-state index contributed by atoms with van der Waals surface area (Å²) in [5.41, 5.74) is 2.34. The van der Waals surface area contributed by atoms with E-state index in [0.717, 1.165) is 24.6 Å². The summed E-state index contributed by atoms with van der Waals surface area (Å²) in [5, 5.41) is 4.74. The molecule has 1 aromatic carbocycles. The first-order chi connectivity index (χ1) is 9.28. The molecule has 102 valence electrons. The van der Waals surface area contributed by atoms with Crippen LogP contribution in [0.1, 0.15) is 43.4 Å². The minimum absolute atomic E-state index is 0.603. The Bertz CT molecular complexity index is 557. The second-order valence-corrected chi connectivity index (χ2v) is 5.80. The average Bonchev–Trinajstić information content (AvgIpc) is 3.01. The van der Waals surface area contributed by atoms with Crippen molar-refractivity contribution in [2.75, 3.05) is 13.1 Å². The van der Waals surface area contributed by atoms with Crippen LogP contribution in [0.4, 0.5) is 0 Å². The molecule has 0 radical (unpaired) electrons. The summed E-state index contributed by atoms with van der Waals surface area (Å²) in [4.78, 5) is 0. The minimum Gasteiger partial charge on any atom is -0.461 e. The number of rotatable bonds is 4. The molecule has 1 saturated carbocycles. The van der Waals surface area contributed by atoms with Crippen molar-refractivity contribution in [2.45, 2.75) is 39.0 Å². The van der Waals surface area contributed by atoms with E-state index in [2.05, 4.69) is 43.4 Å². The van der Waals surface area contributed by atoms with Crippen LogP contribution in [0.25, 0.3) is 11.0 Å². The minimum atomic E-state index is 0.603. The van der Waals surface area contributed by atoms with Gasteiger partial charge < -0.3 is 9.73 Å². The van der Waals surface area contributed by atoms with Gasteiger partial charge in [0.1, 0.15) is 11.3 Å². The van der Waals surface area contributed by atoms with Gasteiger partial charge in [0.25, 0.3) is 0 Å². The third-order valence-corrected chi connectivity index (χ3v) is 4.37. The lowest BCUT2D eigenvalue weighted by molar-refractivity contribution is 0.394. The standard InChI is InChI=1S/C17H23NO/c1-3-18-11-13-5-4-6-15(13)17-10-14-9-12(2)7-8-16(14)19-17/h7-10,13,15,18H,3-6,11H2,1-2H3. The van der Waals surface area contributed by atoms with Crippen LogP contribution >= 0.6 is 0 Å². The zero-order chi connectivity index (χ0) is 13.2. The Hall–Kier alpha value is -1.28. The summed E-state index contributed by atoms with van der Waals surface area (Å²) >= 11 is 0. The summed E-state index contributed by atoms with van der Waals surface area (Å²) in [7, 11) is 0. The second-order valence-electron chi connectivity index (χ2n) is 5.80. The summed E-state index contributed by atoms with van der Waals surface area (Å²) in [6.07, 6.45) is 3.93. The highest BCUT2D eigenvalue weighted by Gasteiger charge is 2.30. The lowest BCUT2D eigenvalue weighted by Crippen LogP contribution is -2.24. The fourth-order valence-electron chi connectivity index (χ4n) is 3.35. The molecule has 1 N–H and O–H groups in total. The van der Waals surface area contributed by atoms with Crippen LogP contribution < -0.4 is 5.32 Å². The van der Waals surface area contributed by atoms with Gasteiger partial charge in [-0.15, -0.1) is 0 Å². The molecular formula is C17H23NO. The number of aryl methyl sites for hydroxylation is 1. The van der Waals surface area contributed by atoms with E-state index in [1.54, 1.807) is 0 Å². The molecule has 0 spiro atoms. The summed E-state index contributed by atoms with van der Waals surface area (Å²) in [6.45, 7) is 6.49. The number of fused-ring (bicyclic) bond motifs is 1. The molecule has 2 atom stereocenters. The van der Waals surface area contributed by atoms with Gasteiger partial charge in [-0.2, -0.15) is 0 Å². The number of benzene rings is 1. The zero-order valence-electron chi connectivity index (χ0n) is 11.9. The Labute approximate surface area is 115 Å². The molecule has 1 heterocycles. The molecule has 1 aliphatic carbocycles. The highest BCUT2D eigenvalue weighted by atomic mass is 16.3. The van der Waals surface area contributed by atoms with Gasteiger partial charge in [0.05, 0.1) is 0 Å². The Kier molecular flexibility index (Phi) is 3.61. The van der Waals surface area contributed by atoms with Crippen LogP contribution in [0.5, 0.6) is 0 Å². The summed E-state index contributed by atoms with van der Waals surface area (Å²) < 4.78 is 6.09. The molecule has 0 amide bonds. The largest absolute Gasteiger partial charge is 0.461 e. The maximum atomic E-state index is 6.09. The average molecular weight is 257 g/mol. The van der Waals surface area contributed by atoms with E-state index in [0.29, 0.717) is 5.92 Å². The first kappa shape index (κ1) is 12.7. The van der Waals surface area contributed by atoms with E-state index in [4.69, 9.17) is 4.42 Å². The first-order valence-electron chi connectivity index (χ1n) is 7.48. The van der Waals surface area contributed by atoms with Crippen LogP contribution in [0.15, 0.2) is 28.7 Å². The monoisotopic (exact) mass is 257 g/mol. The van der Waals surface area contributed by atoms with Gasteiger partial charge in [-0.1, -0.05) is 25.0 Å². The number of hydrogen-bond acceptors (Lipinski definition) is 2. The number of furan rings is 1. The van der Waals surface area contributed by atoms with E-state index in [1.165, 1.54) is 36.0 Å². The van der Waals surface area contributed by atoms with Crippen molar-refractivity contribution >= 4 is 11.0 Å². The quantitative estimate of drug-likeness (QED) is 0.886. The van der Waals surface area contributed by atoms with Crippen LogP contribution in [-0.2, 0) is 0 Å². The van der Waals surface area contributed by atoms with Crippen molar-refractivity contribution in [3.05, 3.63) is 35.6 Å². The van der Waals surface area contributed by atoms with E-state index in [1.807, 2.05) is 0 Å². The Balaban J connectivity index is 1.86. The van der Waals surface area contributed by atoms with E-state index < -0.39 is 0 Å². The summed E-state index contributed by atoms with van der Waals surface area (Å²) in [6, 6.07) is 8.71. The molecule has 2 nitrogen and oxygen atoms in total. The lowest BCUT2D eigenvalue weighted by atomic mass is 9.93. The van der Waals surface area contributed by atoms with Gasteiger partial charge in [-0.3, -0.25) is 0 Å². The molecule has 0 saturated heterocycles. The van der Waals surface area contributed by atoms with Crippen LogP contribution in [0.3, 0.4) is 0 Å². The van der Waals surface area contributed by atoms with Crippen molar-refractivity contribution in [1.82, 2.24) is 5.32 Å². The maximum absolute atomic E-state index is 6.09. The fourth-order valence-corrected chi connectivity index (χ4v) is 3.35. The third kappa shape index (κ3) is 2.55. The van der Waals surface area contributed by atoms with Crippen molar-refractivity contribution in [2.24, 2.45) is 5.92 Å². The highest BCUT2D eigenvalue weighted by molar-refractivity contribution is 5.78. The first-order valence-corrected chi connectivity index (χ1v) is 7.48. The Morgan fingerprint density at radius 2 is 2.16 bits per heavy atom. The van der Waals surface area contributed by atoms with Crippen LogP contribution in [0.2, 0.25) is 0 Å². The molecule has 19 heavy (non-hydrogen) atoms. The number of nitrogens with one attached hydrogen (secondary N) is 1. The molecule has 0 aliphatic heterocycles. The molecule has 1 aliphatic rings. The molecule has 2 unspecified atom stereocenters. The van der Waals surface area contributed by atoms with Crippen LogP contribution in [-0.4, -0.2) is 13.1 Å². The third-order valence-electron chi connectivity index (χ3n) is 4.37. The normalized spacial score (nSPS) is 23.3. The van der Waals surface area contributed by atoms with Gasteiger partial charge >= 0.3 is 0 Å². The van der Waals surface area contributed by atoms with Gasteiger partial charge in [0.2, 0.25) is 0 Å². The van der Waals surface area contributed by atoms with E-state index in [9.17, 15) is 0 Å². The molecule has 1 fully saturated rings. The Morgan fingerprint density at radius 1 is 1.26 bits per heavy atom. The SMILES string of the molecule is CCNCC1CCCC1c1cc2cc(C)ccc2o1. The molecule has 2 aromatic rings.